The SMILES string of the molecule is C/C=C/c1ccc([C@H]2[C@@H](CN(C)S(C)(=O)=O)N(C(=O)CC)[C@H]2CO)cc1. The van der Waals surface area contributed by atoms with E-state index >= 15 is 0 Å². The van der Waals surface area contributed by atoms with Crippen LogP contribution in [-0.2, 0) is 14.8 Å². The highest BCUT2D eigenvalue weighted by Crippen LogP contribution is 2.41. The normalized spacial score (nSPS) is 23.5. The Balaban J connectivity index is 2.34. The third-order valence-electron chi connectivity index (χ3n) is 5.01. The molecule has 1 aliphatic heterocycles. The molecule has 1 saturated heterocycles. The summed E-state index contributed by atoms with van der Waals surface area (Å²) in [6, 6.07) is 7.35. The minimum atomic E-state index is -3.35. The highest BCUT2D eigenvalue weighted by molar-refractivity contribution is 7.88. The molecule has 1 aliphatic rings. The molecule has 26 heavy (non-hydrogen) atoms. The van der Waals surface area contributed by atoms with Crippen molar-refractivity contribution in [2.75, 3.05) is 26.5 Å². The number of aliphatic hydroxyl groups excluding tert-OH is 1. The molecule has 1 heterocycles. The zero-order valence-electron chi connectivity index (χ0n) is 15.8. The van der Waals surface area contributed by atoms with Crippen molar-refractivity contribution in [3.63, 3.8) is 0 Å². The lowest BCUT2D eigenvalue weighted by atomic mass is 9.74. The van der Waals surface area contributed by atoms with E-state index in [2.05, 4.69) is 0 Å². The number of likely N-dealkylation sites (tertiary alicyclic amines) is 1. The number of benzene rings is 1. The van der Waals surface area contributed by atoms with Gasteiger partial charge in [0, 0.05) is 25.9 Å². The number of allylic oxidation sites excluding steroid dienone is 1. The number of sulfonamides is 1. The maximum Gasteiger partial charge on any atom is 0.222 e. The summed E-state index contributed by atoms with van der Waals surface area (Å²) in [7, 11) is -1.83. The van der Waals surface area contributed by atoms with Crippen molar-refractivity contribution in [2.24, 2.45) is 0 Å². The largest absolute Gasteiger partial charge is 0.394 e. The Bertz CT molecular complexity index is 758. The Morgan fingerprint density at radius 3 is 2.35 bits per heavy atom. The van der Waals surface area contributed by atoms with Gasteiger partial charge in [-0.1, -0.05) is 43.3 Å². The van der Waals surface area contributed by atoms with Crippen LogP contribution in [0.1, 0.15) is 37.3 Å². The van der Waals surface area contributed by atoms with Crippen LogP contribution in [0.15, 0.2) is 30.3 Å². The summed E-state index contributed by atoms with van der Waals surface area (Å²) < 4.78 is 24.9. The molecule has 1 aromatic carbocycles. The lowest BCUT2D eigenvalue weighted by Gasteiger charge is -2.55. The number of amides is 1. The first-order valence-electron chi connectivity index (χ1n) is 8.80. The number of likely N-dealkylation sites (N-methyl/N-ethyl adjacent to an activating group) is 1. The zero-order valence-corrected chi connectivity index (χ0v) is 16.6. The van der Waals surface area contributed by atoms with Crippen LogP contribution < -0.4 is 0 Å². The van der Waals surface area contributed by atoms with Crippen molar-refractivity contribution in [1.82, 2.24) is 9.21 Å². The molecule has 0 unspecified atom stereocenters. The highest BCUT2D eigenvalue weighted by atomic mass is 32.2. The Hall–Kier alpha value is -1.70. The summed E-state index contributed by atoms with van der Waals surface area (Å²) in [4.78, 5) is 14.0. The van der Waals surface area contributed by atoms with Gasteiger partial charge in [0.1, 0.15) is 0 Å². The van der Waals surface area contributed by atoms with Crippen molar-refractivity contribution in [3.05, 3.63) is 41.5 Å². The second-order valence-corrected chi connectivity index (χ2v) is 8.80. The van der Waals surface area contributed by atoms with Gasteiger partial charge in [0.25, 0.3) is 0 Å². The van der Waals surface area contributed by atoms with Crippen molar-refractivity contribution >= 4 is 22.0 Å². The van der Waals surface area contributed by atoms with Gasteiger partial charge in [0.15, 0.2) is 0 Å². The fourth-order valence-corrected chi connectivity index (χ4v) is 3.99. The summed E-state index contributed by atoms with van der Waals surface area (Å²) in [6.45, 7) is 3.79. The predicted molar refractivity (Wildman–Crippen MR) is 103 cm³/mol. The number of aliphatic hydroxyl groups is 1. The number of hydrogen-bond donors (Lipinski definition) is 1. The standard InChI is InChI=1S/C19H28N2O4S/c1-5-7-14-8-10-15(11-9-14)19-16(12-20(3)26(4,24)25)21(17(19)13-22)18(23)6-2/h5,7-11,16-17,19,22H,6,12-13H2,1-4H3/b7-5+/t16-,17+,19+/m1/s1. The van der Waals surface area contributed by atoms with Crippen LogP contribution in [0.2, 0.25) is 0 Å². The maximum absolute atomic E-state index is 12.4. The average molecular weight is 381 g/mol. The number of nitrogens with zero attached hydrogens (tertiary/aromatic N) is 2. The summed E-state index contributed by atoms with van der Waals surface area (Å²) in [6.07, 6.45) is 5.43. The molecular formula is C19H28N2O4S. The molecule has 0 saturated carbocycles. The van der Waals surface area contributed by atoms with Crippen LogP contribution in [0.5, 0.6) is 0 Å². The Morgan fingerprint density at radius 1 is 1.27 bits per heavy atom. The first kappa shape index (κ1) is 20.6. The van der Waals surface area contributed by atoms with Gasteiger partial charge in [0.05, 0.1) is 24.9 Å². The Morgan fingerprint density at radius 2 is 1.88 bits per heavy atom. The van der Waals surface area contributed by atoms with Gasteiger partial charge >= 0.3 is 0 Å². The summed E-state index contributed by atoms with van der Waals surface area (Å²) in [5.74, 6) is -0.169. The molecule has 1 fully saturated rings. The van der Waals surface area contributed by atoms with Crippen molar-refractivity contribution < 1.29 is 18.3 Å². The molecule has 0 aliphatic carbocycles. The van der Waals surface area contributed by atoms with E-state index < -0.39 is 10.0 Å². The summed E-state index contributed by atoms with van der Waals surface area (Å²) >= 11 is 0. The summed E-state index contributed by atoms with van der Waals surface area (Å²) in [5, 5.41) is 9.85. The highest BCUT2D eigenvalue weighted by Gasteiger charge is 2.51. The van der Waals surface area contributed by atoms with Crippen LogP contribution in [0.4, 0.5) is 0 Å². The van der Waals surface area contributed by atoms with Crippen LogP contribution in [0, 0.1) is 0 Å². The molecule has 0 spiro atoms. The number of carbonyl (C=O) groups excluding carboxylic acids is 1. The quantitative estimate of drug-likeness (QED) is 0.781. The fourth-order valence-electron chi connectivity index (χ4n) is 3.57. The monoisotopic (exact) mass is 380 g/mol. The lowest BCUT2D eigenvalue weighted by Crippen LogP contribution is -2.68. The number of rotatable bonds is 7. The molecule has 3 atom stereocenters. The molecular weight excluding hydrogens is 352 g/mol. The van der Waals surface area contributed by atoms with E-state index in [1.807, 2.05) is 43.3 Å². The molecule has 7 heteroatoms. The molecule has 144 valence electrons. The molecule has 6 nitrogen and oxygen atoms in total. The van der Waals surface area contributed by atoms with Gasteiger partial charge in [0.2, 0.25) is 15.9 Å². The van der Waals surface area contributed by atoms with Gasteiger partial charge in [-0.3, -0.25) is 4.79 Å². The zero-order chi connectivity index (χ0) is 19.5. The second-order valence-electron chi connectivity index (χ2n) is 6.71. The third-order valence-corrected chi connectivity index (χ3v) is 6.29. The van der Waals surface area contributed by atoms with E-state index in [0.717, 1.165) is 17.4 Å². The number of carbonyl (C=O) groups is 1. The Kier molecular flexibility index (Phi) is 6.60. The minimum absolute atomic E-state index is 0.0715. The number of hydrogen-bond acceptors (Lipinski definition) is 4. The van der Waals surface area contributed by atoms with Crippen molar-refractivity contribution in [3.8, 4) is 0 Å². The van der Waals surface area contributed by atoms with Gasteiger partial charge < -0.3 is 10.0 Å². The Labute approximate surface area is 156 Å². The first-order valence-corrected chi connectivity index (χ1v) is 10.6. The first-order chi connectivity index (χ1) is 12.2. The van der Waals surface area contributed by atoms with Gasteiger partial charge in [-0.2, -0.15) is 0 Å². The molecule has 1 N–H and O–H groups in total. The third kappa shape index (κ3) is 4.16. The van der Waals surface area contributed by atoms with Gasteiger partial charge in [-0.15, -0.1) is 0 Å². The topological polar surface area (TPSA) is 77.9 Å². The van der Waals surface area contributed by atoms with E-state index in [9.17, 15) is 18.3 Å². The van der Waals surface area contributed by atoms with E-state index in [1.165, 1.54) is 11.4 Å². The van der Waals surface area contributed by atoms with E-state index in [-0.39, 0.29) is 37.1 Å². The van der Waals surface area contributed by atoms with Crippen molar-refractivity contribution in [2.45, 2.75) is 38.3 Å². The van der Waals surface area contributed by atoms with E-state index in [1.54, 1.807) is 11.8 Å². The van der Waals surface area contributed by atoms with Crippen LogP contribution in [-0.4, -0.2) is 67.2 Å². The van der Waals surface area contributed by atoms with Gasteiger partial charge in [-0.25, -0.2) is 12.7 Å². The van der Waals surface area contributed by atoms with Crippen LogP contribution in [0.25, 0.3) is 6.08 Å². The minimum Gasteiger partial charge on any atom is -0.394 e. The lowest BCUT2D eigenvalue weighted by molar-refractivity contribution is -0.150. The van der Waals surface area contributed by atoms with Gasteiger partial charge in [-0.05, 0) is 18.1 Å². The second kappa shape index (κ2) is 8.33. The molecule has 0 radical (unpaired) electrons. The molecule has 1 aromatic rings. The van der Waals surface area contributed by atoms with E-state index in [4.69, 9.17) is 0 Å². The maximum atomic E-state index is 12.4. The van der Waals surface area contributed by atoms with Crippen LogP contribution >= 0.6 is 0 Å². The molecule has 0 bridgehead atoms. The molecule has 0 aromatic heterocycles. The molecule has 1 amide bonds. The predicted octanol–water partition coefficient (Wildman–Crippen LogP) is 1.68. The summed E-state index contributed by atoms with van der Waals surface area (Å²) in [5.41, 5.74) is 2.08. The van der Waals surface area contributed by atoms with Crippen LogP contribution in [0.3, 0.4) is 0 Å². The van der Waals surface area contributed by atoms with Crippen molar-refractivity contribution in [1.29, 1.82) is 0 Å². The molecule has 2 rings (SSSR count). The smallest absolute Gasteiger partial charge is 0.222 e. The van der Waals surface area contributed by atoms with E-state index in [0.29, 0.717) is 6.42 Å². The average Bonchev–Trinajstić information content (AvgIpc) is 2.58. The fraction of sp³-hybridized carbons (Fsp3) is 0.526.